The van der Waals surface area contributed by atoms with Gasteiger partial charge in [0.15, 0.2) is 5.41 Å². The molecule has 0 bridgehead atoms. The lowest BCUT2D eigenvalue weighted by Gasteiger charge is -2.28. The lowest BCUT2D eigenvalue weighted by molar-refractivity contribution is -0.227. The normalized spacial score (nSPS) is 22.0. The molecule has 0 aliphatic carbocycles. The van der Waals surface area contributed by atoms with E-state index in [4.69, 9.17) is 5.11 Å². The first kappa shape index (κ1) is 19.2. The second kappa shape index (κ2) is 7.01. The van der Waals surface area contributed by atoms with E-state index in [9.17, 15) is 27.2 Å². The fourth-order valence-electron chi connectivity index (χ4n) is 3.03. The Hall–Kier alpha value is -2.12. The summed E-state index contributed by atoms with van der Waals surface area (Å²) >= 11 is 0. The second-order valence-corrected chi connectivity index (χ2v) is 6.43. The van der Waals surface area contributed by atoms with Gasteiger partial charge in [0.05, 0.1) is 0 Å². The Morgan fingerprint density at radius 3 is 2.48 bits per heavy atom. The fraction of sp³-hybridized carbons (Fsp3) is 0.529. The topological polar surface area (TPSA) is 57.6 Å². The average molecular weight is 361 g/mol. The van der Waals surface area contributed by atoms with Crippen LogP contribution in [-0.2, 0) is 16.0 Å². The Bertz CT molecular complexity index is 662. The van der Waals surface area contributed by atoms with Crippen molar-refractivity contribution in [2.24, 2.45) is 11.3 Å². The number of alkyl halides is 3. The Balaban J connectivity index is 2.01. The molecule has 138 valence electrons. The zero-order valence-electron chi connectivity index (χ0n) is 13.6. The van der Waals surface area contributed by atoms with Gasteiger partial charge in [-0.25, -0.2) is 4.39 Å². The highest BCUT2D eigenvalue weighted by atomic mass is 19.4. The van der Waals surface area contributed by atoms with E-state index >= 15 is 0 Å². The van der Waals surface area contributed by atoms with Crippen LogP contribution in [0.25, 0.3) is 0 Å². The number of carboxylic acid groups (broad SMARTS) is 1. The quantitative estimate of drug-likeness (QED) is 0.819. The first-order valence-electron chi connectivity index (χ1n) is 7.91. The summed E-state index contributed by atoms with van der Waals surface area (Å²) in [5, 5.41) is 9.02. The van der Waals surface area contributed by atoms with Crippen LogP contribution in [0.2, 0.25) is 0 Å². The Morgan fingerprint density at radius 1 is 1.32 bits per heavy atom. The number of hydrogen-bond acceptors (Lipinski definition) is 2. The van der Waals surface area contributed by atoms with Crippen LogP contribution in [-0.4, -0.2) is 41.1 Å². The number of aryl methyl sites for hydroxylation is 1. The number of hydrogen-bond donors (Lipinski definition) is 1. The second-order valence-electron chi connectivity index (χ2n) is 6.43. The standard InChI is InChI=1S/C17H19F4NO3/c1-11(6-7-12-4-2-3-5-13(12)18)14(23)22-9-8-16(10-22,15(24)25)17(19,20)21/h2-5,11H,6-10H2,1H3,(H,24,25). The van der Waals surface area contributed by atoms with Crippen molar-refractivity contribution in [3.05, 3.63) is 35.6 Å². The number of likely N-dealkylation sites (tertiary alicyclic amines) is 1. The van der Waals surface area contributed by atoms with Gasteiger partial charge >= 0.3 is 12.1 Å². The van der Waals surface area contributed by atoms with E-state index in [-0.39, 0.29) is 19.4 Å². The molecule has 25 heavy (non-hydrogen) atoms. The van der Waals surface area contributed by atoms with Crippen molar-refractivity contribution >= 4 is 11.9 Å². The van der Waals surface area contributed by atoms with E-state index in [1.165, 1.54) is 6.07 Å². The van der Waals surface area contributed by atoms with E-state index in [2.05, 4.69) is 0 Å². The molecule has 1 amide bonds. The summed E-state index contributed by atoms with van der Waals surface area (Å²) in [5.41, 5.74) is -2.48. The summed E-state index contributed by atoms with van der Waals surface area (Å²) in [4.78, 5) is 24.5. The molecule has 4 nitrogen and oxygen atoms in total. The molecule has 1 aromatic rings. The van der Waals surface area contributed by atoms with Gasteiger partial charge in [-0.15, -0.1) is 0 Å². The molecule has 0 aromatic heterocycles. The summed E-state index contributed by atoms with van der Waals surface area (Å²) in [5.74, 6) is -3.53. The van der Waals surface area contributed by atoms with Crippen molar-refractivity contribution < 1.29 is 32.3 Å². The van der Waals surface area contributed by atoms with Crippen LogP contribution in [0, 0.1) is 17.2 Å². The lowest BCUT2D eigenvalue weighted by atomic mass is 9.86. The van der Waals surface area contributed by atoms with Gasteiger partial charge < -0.3 is 10.0 Å². The van der Waals surface area contributed by atoms with Gasteiger partial charge in [0.1, 0.15) is 5.82 Å². The van der Waals surface area contributed by atoms with Crippen molar-refractivity contribution in [2.45, 2.75) is 32.4 Å². The van der Waals surface area contributed by atoms with Crippen molar-refractivity contribution in [2.75, 3.05) is 13.1 Å². The van der Waals surface area contributed by atoms with Crippen LogP contribution in [0.4, 0.5) is 17.6 Å². The largest absolute Gasteiger partial charge is 0.481 e. The zero-order valence-corrected chi connectivity index (χ0v) is 13.6. The Kier molecular flexibility index (Phi) is 5.39. The van der Waals surface area contributed by atoms with Crippen LogP contribution in [0.3, 0.4) is 0 Å². The molecule has 2 atom stereocenters. The van der Waals surface area contributed by atoms with Gasteiger partial charge in [-0.05, 0) is 30.9 Å². The summed E-state index contributed by atoms with van der Waals surface area (Å²) in [6, 6.07) is 6.09. The fourth-order valence-corrected chi connectivity index (χ4v) is 3.03. The van der Waals surface area contributed by atoms with Crippen LogP contribution < -0.4 is 0 Å². The molecule has 2 rings (SSSR count). The van der Waals surface area contributed by atoms with E-state index in [0.717, 1.165) is 4.90 Å². The molecule has 0 saturated carbocycles. The highest BCUT2D eigenvalue weighted by molar-refractivity contribution is 5.82. The van der Waals surface area contributed by atoms with Gasteiger partial charge in [0.2, 0.25) is 5.91 Å². The number of halogens is 4. The Labute approximate surface area is 142 Å². The SMILES string of the molecule is CC(CCc1ccccc1F)C(=O)N1CCC(C(=O)O)(C(F)(F)F)C1. The minimum Gasteiger partial charge on any atom is -0.481 e. The molecule has 1 N–H and O–H groups in total. The highest BCUT2D eigenvalue weighted by Crippen LogP contribution is 2.46. The highest BCUT2D eigenvalue weighted by Gasteiger charge is 2.64. The number of carbonyl (C=O) groups excluding carboxylic acids is 1. The number of rotatable bonds is 5. The third-order valence-corrected chi connectivity index (χ3v) is 4.76. The molecular formula is C17H19F4NO3. The first-order valence-corrected chi connectivity index (χ1v) is 7.91. The van der Waals surface area contributed by atoms with Gasteiger partial charge in [0.25, 0.3) is 0 Å². The molecule has 1 aromatic carbocycles. The minimum atomic E-state index is -4.93. The van der Waals surface area contributed by atoms with E-state index < -0.39 is 48.2 Å². The summed E-state index contributed by atoms with van der Waals surface area (Å²) in [7, 11) is 0. The van der Waals surface area contributed by atoms with Crippen LogP contribution in [0.1, 0.15) is 25.3 Å². The van der Waals surface area contributed by atoms with Crippen LogP contribution in [0.15, 0.2) is 24.3 Å². The van der Waals surface area contributed by atoms with Gasteiger partial charge in [-0.3, -0.25) is 9.59 Å². The smallest absolute Gasteiger partial charge is 0.406 e. The molecule has 2 unspecified atom stereocenters. The molecule has 8 heteroatoms. The maximum Gasteiger partial charge on any atom is 0.406 e. The number of nitrogens with zero attached hydrogens (tertiary/aromatic N) is 1. The van der Waals surface area contributed by atoms with Crippen molar-refractivity contribution in [1.82, 2.24) is 4.90 Å². The van der Waals surface area contributed by atoms with Crippen molar-refractivity contribution in [3.63, 3.8) is 0 Å². The molecule has 1 heterocycles. The minimum absolute atomic E-state index is 0.255. The molecule has 1 fully saturated rings. The number of carbonyl (C=O) groups is 2. The van der Waals surface area contributed by atoms with E-state index in [0.29, 0.717) is 5.56 Å². The van der Waals surface area contributed by atoms with E-state index in [1.807, 2.05) is 0 Å². The van der Waals surface area contributed by atoms with Crippen LogP contribution in [0.5, 0.6) is 0 Å². The molecule has 0 radical (unpaired) electrons. The monoisotopic (exact) mass is 361 g/mol. The molecule has 1 saturated heterocycles. The Morgan fingerprint density at radius 2 is 1.96 bits per heavy atom. The summed E-state index contributed by atoms with van der Waals surface area (Å²) in [6.07, 6.45) is -5.04. The van der Waals surface area contributed by atoms with Gasteiger partial charge in [-0.1, -0.05) is 25.1 Å². The predicted octanol–water partition coefficient (Wildman–Crippen LogP) is 3.26. The summed E-state index contributed by atoms with van der Waals surface area (Å²) in [6.45, 7) is 0.418. The number of amides is 1. The number of carboxylic acids is 1. The average Bonchev–Trinajstić information content (AvgIpc) is 2.99. The van der Waals surface area contributed by atoms with E-state index in [1.54, 1.807) is 25.1 Å². The van der Waals surface area contributed by atoms with Gasteiger partial charge in [-0.2, -0.15) is 13.2 Å². The van der Waals surface area contributed by atoms with Crippen molar-refractivity contribution in [1.29, 1.82) is 0 Å². The number of benzene rings is 1. The molecule has 1 aliphatic heterocycles. The van der Waals surface area contributed by atoms with Crippen molar-refractivity contribution in [3.8, 4) is 0 Å². The summed E-state index contributed by atoms with van der Waals surface area (Å²) < 4.78 is 53.1. The number of aliphatic carboxylic acids is 1. The third kappa shape index (κ3) is 3.77. The maximum absolute atomic E-state index is 13.6. The zero-order chi connectivity index (χ0) is 18.8. The third-order valence-electron chi connectivity index (χ3n) is 4.76. The molecule has 0 spiro atoms. The molecular weight excluding hydrogens is 342 g/mol. The maximum atomic E-state index is 13.6. The first-order chi connectivity index (χ1) is 11.6. The van der Waals surface area contributed by atoms with Gasteiger partial charge in [0, 0.05) is 19.0 Å². The van der Waals surface area contributed by atoms with Crippen LogP contribution >= 0.6 is 0 Å². The predicted molar refractivity (Wildman–Crippen MR) is 81.2 cm³/mol. The lowest BCUT2D eigenvalue weighted by Crippen LogP contribution is -2.48. The molecule has 1 aliphatic rings.